The molecule has 0 heterocycles. The molecule has 0 saturated heterocycles. The Hall–Kier alpha value is 0.880. The first-order valence-electron chi connectivity index (χ1n) is 2.32. The Bertz CT molecular complexity index is 51.3. The summed E-state index contributed by atoms with van der Waals surface area (Å²) in [5.41, 5.74) is 10.3. The van der Waals surface area contributed by atoms with Gasteiger partial charge in [0.1, 0.15) is 0 Å². The van der Waals surface area contributed by atoms with Gasteiger partial charge in [0.15, 0.2) is 0 Å². The van der Waals surface area contributed by atoms with Crippen molar-refractivity contribution in [1.82, 2.24) is 0 Å². The monoisotopic (exact) mass is 128 g/mol. The topological polar surface area (TPSA) is 72.3 Å². The zero-order valence-electron chi connectivity index (χ0n) is 4.46. The van der Waals surface area contributed by atoms with Gasteiger partial charge in [-0.15, -0.1) is 0 Å². The molecular weight excluding hydrogens is 115 g/mol. The van der Waals surface area contributed by atoms with Crippen molar-refractivity contribution < 1.29 is 5.11 Å². The van der Waals surface area contributed by atoms with E-state index in [1.54, 1.807) is 6.92 Å². The van der Waals surface area contributed by atoms with Crippen molar-refractivity contribution in [2.24, 2.45) is 11.5 Å². The first kappa shape index (κ1) is 11.6. The van der Waals surface area contributed by atoms with E-state index in [0.29, 0.717) is 6.54 Å². The van der Waals surface area contributed by atoms with Crippen LogP contribution in [0.4, 0.5) is 0 Å². The number of rotatable bonds is 2. The molecule has 0 fully saturated rings. The van der Waals surface area contributed by atoms with Crippen LogP contribution in [0, 0.1) is 0 Å². The Kier molecular flexibility index (Phi) is 8.75. The summed E-state index contributed by atoms with van der Waals surface area (Å²) >= 11 is 0. The molecular formula is C4H13N2NaO. The van der Waals surface area contributed by atoms with E-state index in [4.69, 9.17) is 16.6 Å². The number of aliphatic hydroxyl groups excluding tert-OH is 1. The van der Waals surface area contributed by atoms with Crippen LogP contribution in [0.15, 0.2) is 0 Å². The summed E-state index contributed by atoms with van der Waals surface area (Å²) in [5, 5.41) is 8.62. The van der Waals surface area contributed by atoms with Crippen LogP contribution in [0.2, 0.25) is 0 Å². The van der Waals surface area contributed by atoms with Gasteiger partial charge in [-0.2, -0.15) is 0 Å². The molecule has 0 radical (unpaired) electrons. The summed E-state index contributed by atoms with van der Waals surface area (Å²) in [7, 11) is 0. The molecule has 0 aromatic carbocycles. The molecule has 2 unspecified atom stereocenters. The second-order valence-corrected chi connectivity index (χ2v) is 1.64. The summed E-state index contributed by atoms with van der Waals surface area (Å²) in [4.78, 5) is 0. The maximum atomic E-state index is 8.62. The zero-order valence-corrected chi connectivity index (χ0v) is 4.46. The molecule has 2 atom stereocenters. The summed E-state index contributed by atoms with van der Waals surface area (Å²) in [6.07, 6.45) is -0.481. The van der Waals surface area contributed by atoms with Crippen LogP contribution < -0.4 is 11.5 Å². The van der Waals surface area contributed by atoms with Crippen molar-refractivity contribution in [3.63, 3.8) is 0 Å². The third-order valence-corrected chi connectivity index (χ3v) is 0.892. The van der Waals surface area contributed by atoms with Crippen molar-refractivity contribution in [2.75, 3.05) is 6.54 Å². The van der Waals surface area contributed by atoms with Gasteiger partial charge in [-0.05, 0) is 6.92 Å². The standard InChI is InChI=1S/C4H12N2O.Na.H/c1-3(7)4(6)2-5;;/h3-4,7H,2,5-6H2,1H3;;. The predicted octanol–water partition coefficient (Wildman–Crippen LogP) is -2.00. The van der Waals surface area contributed by atoms with Crippen LogP contribution >= 0.6 is 0 Å². The van der Waals surface area contributed by atoms with Crippen LogP contribution in [0.1, 0.15) is 6.92 Å². The molecule has 3 nitrogen and oxygen atoms in total. The Labute approximate surface area is 71.7 Å². The minimum atomic E-state index is -0.481. The molecule has 0 bridgehead atoms. The van der Waals surface area contributed by atoms with E-state index in [-0.39, 0.29) is 35.6 Å². The van der Waals surface area contributed by atoms with Gasteiger partial charge in [-0.3, -0.25) is 0 Å². The zero-order chi connectivity index (χ0) is 5.86. The van der Waals surface area contributed by atoms with Crippen LogP contribution in [-0.4, -0.2) is 53.4 Å². The first-order valence-corrected chi connectivity index (χ1v) is 2.32. The third-order valence-electron chi connectivity index (χ3n) is 0.892. The molecule has 0 rings (SSSR count). The van der Waals surface area contributed by atoms with Crippen LogP contribution in [-0.2, 0) is 0 Å². The summed E-state index contributed by atoms with van der Waals surface area (Å²) in [5.74, 6) is 0. The number of nitrogens with two attached hydrogens (primary N) is 2. The number of hydrogen-bond acceptors (Lipinski definition) is 3. The van der Waals surface area contributed by atoms with E-state index in [2.05, 4.69) is 0 Å². The molecule has 46 valence electrons. The third kappa shape index (κ3) is 5.03. The van der Waals surface area contributed by atoms with E-state index >= 15 is 0 Å². The van der Waals surface area contributed by atoms with Crippen LogP contribution in [0.3, 0.4) is 0 Å². The molecule has 4 heteroatoms. The fourth-order valence-electron chi connectivity index (χ4n) is 0.197. The Balaban J connectivity index is 0. The fraction of sp³-hybridized carbons (Fsp3) is 1.00. The quantitative estimate of drug-likeness (QED) is 0.377. The van der Waals surface area contributed by atoms with Gasteiger partial charge in [0.25, 0.3) is 0 Å². The molecule has 5 N–H and O–H groups in total. The first-order chi connectivity index (χ1) is 3.18. The Morgan fingerprint density at radius 2 is 2.00 bits per heavy atom. The van der Waals surface area contributed by atoms with Gasteiger partial charge >= 0.3 is 29.6 Å². The molecule has 8 heavy (non-hydrogen) atoms. The molecule has 0 aliphatic rings. The molecule has 0 aromatic heterocycles. The van der Waals surface area contributed by atoms with Crippen molar-refractivity contribution in [1.29, 1.82) is 0 Å². The average Bonchev–Trinajstić information content (AvgIpc) is 1.65. The van der Waals surface area contributed by atoms with Gasteiger partial charge in [0.05, 0.1) is 6.10 Å². The van der Waals surface area contributed by atoms with Gasteiger partial charge < -0.3 is 16.6 Å². The van der Waals surface area contributed by atoms with Gasteiger partial charge in [0, 0.05) is 12.6 Å². The average molecular weight is 128 g/mol. The summed E-state index contributed by atoms with van der Waals surface area (Å²) < 4.78 is 0. The van der Waals surface area contributed by atoms with Crippen LogP contribution in [0.5, 0.6) is 0 Å². The van der Waals surface area contributed by atoms with Crippen molar-refractivity contribution in [3.8, 4) is 0 Å². The van der Waals surface area contributed by atoms with Gasteiger partial charge in [-0.25, -0.2) is 0 Å². The molecule has 0 spiro atoms. The Morgan fingerprint density at radius 1 is 1.62 bits per heavy atom. The van der Waals surface area contributed by atoms with E-state index in [1.165, 1.54) is 0 Å². The van der Waals surface area contributed by atoms with E-state index in [0.717, 1.165) is 0 Å². The molecule has 0 amide bonds. The molecule has 0 aliphatic carbocycles. The van der Waals surface area contributed by atoms with Crippen LogP contribution in [0.25, 0.3) is 0 Å². The summed E-state index contributed by atoms with van der Waals surface area (Å²) in [6.45, 7) is 1.97. The van der Waals surface area contributed by atoms with Gasteiger partial charge in [-0.1, -0.05) is 0 Å². The normalized spacial score (nSPS) is 16.5. The molecule has 0 saturated carbocycles. The predicted molar refractivity (Wildman–Crippen MR) is 35.9 cm³/mol. The van der Waals surface area contributed by atoms with Gasteiger partial charge in [0.2, 0.25) is 0 Å². The van der Waals surface area contributed by atoms with Crippen molar-refractivity contribution in [3.05, 3.63) is 0 Å². The second-order valence-electron chi connectivity index (χ2n) is 1.64. The Morgan fingerprint density at radius 3 is 2.00 bits per heavy atom. The van der Waals surface area contributed by atoms with Crippen molar-refractivity contribution >= 4 is 29.6 Å². The second kappa shape index (κ2) is 6.01. The number of hydrogen-bond donors (Lipinski definition) is 3. The maximum absolute atomic E-state index is 8.62. The van der Waals surface area contributed by atoms with Crippen molar-refractivity contribution in [2.45, 2.75) is 19.1 Å². The summed E-state index contributed by atoms with van der Waals surface area (Å²) in [6, 6.07) is -0.264. The number of aliphatic hydroxyl groups is 1. The molecule has 0 aromatic rings. The fourth-order valence-corrected chi connectivity index (χ4v) is 0.197. The minimum absolute atomic E-state index is 0. The van der Waals surface area contributed by atoms with E-state index in [9.17, 15) is 0 Å². The van der Waals surface area contributed by atoms with E-state index in [1.807, 2.05) is 0 Å². The van der Waals surface area contributed by atoms with E-state index < -0.39 is 6.10 Å². The molecule has 0 aliphatic heterocycles. The SMILES string of the molecule is CC(O)C(N)CN.[NaH].